The maximum Gasteiger partial charge on any atom is 0.166 e. The second kappa shape index (κ2) is 8.49. The molecule has 0 aliphatic rings. The molecule has 0 fully saturated rings. The summed E-state index contributed by atoms with van der Waals surface area (Å²) in [7, 11) is 0. The molecule has 0 saturated carbocycles. The lowest BCUT2D eigenvalue weighted by Gasteiger charge is -2.14. The highest BCUT2D eigenvalue weighted by molar-refractivity contribution is 14.1. The Morgan fingerprint density at radius 2 is 2.27 bits per heavy atom. The van der Waals surface area contributed by atoms with Gasteiger partial charge in [0.05, 0.1) is 11.0 Å². The molecule has 2 nitrogen and oxygen atoms in total. The second-order valence-electron chi connectivity index (χ2n) is 2.08. The van der Waals surface area contributed by atoms with E-state index >= 15 is 0 Å². The minimum atomic E-state index is -0.0615. The third-order valence-electron chi connectivity index (χ3n) is 1.03. The first kappa shape index (κ1) is 11.4. The normalized spacial score (nSPS) is 12.9. The van der Waals surface area contributed by atoms with E-state index in [0.717, 1.165) is 17.5 Å². The van der Waals surface area contributed by atoms with E-state index in [1.54, 1.807) is 6.08 Å². The summed E-state index contributed by atoms with van der Waals surface area (Å²) in [5.41, 5.74) is 0. The van der Waals surface area contributed by atoms with Crippen LogP contribution in [0, 0.1) is 0 Å². The van der Waals surface area contributed by atoms with E-state index in [-0.39, 0.29) is 6.29 Å². The van der Waals surface area contributed by atoms with Crippen molar-refractivity contribution in [1.82, 2.24) is 0 Å². The summed E-state index contributed by atoms with van der Waals surface area (Å²) < 4.78 is 11.5. The molecule has 0 radical (unpaired) electrons. The van der Waals surface area contributed by atoms with Gasteiger partial charge < -0.3 is 9.47 Å². The van der Waals surface area contributed by atoms with Crippen molar-refractivity contribution in [2.45, 2.75) is 19.6 Å². The molecular formula is C8H15IO2. The standard InChI is InChI=1S/C8H15IO2/c1-3-5-10-8(7-9)11-6-4-2/h3,8H,1,4-7H2,2H3. The predicted octanol–water partition coefficient (Wildman–Crippen LogP) is 2.38. The maximum absolute atomic E-state index is 5.36. The Kier molecular flexibility index (Phi) is 8.79. The van der Waals surface area contributed by atoms with Gasteiger partial charge in [0.25, 0.3) is 0 Å². The second-order valence-corrected chi connectivity index (χ2v) is 2.96. The summed E-state index contributed by atoms with van der Waals surface area (Å²) in [6.07, 6.45) is 2.70. The average molecular weight is 270 g/mol. The number of ether oxygens (including phenoxy) is 2. The van der Waals surface area contributed by atoms with Gasteiger partial charge in [-0.3, -0.25) is 0 Å². The lowest BCUT2D eigenvalue weighted by molar-refractivity contribution is -0.117. The molecule has 3 heteroatoms. The molecule has 0 aromatic carbocycles. The van der Waals surface area contributed by atoms with Crippen LogP contribution < -0.4 is 0 Å². The van der Waals surface area contributed by atoms with Crippen LogP contribution in [0.1, 0.15) is 13.3 Å². The van der Waals surface area contributed by atoms with Crippen LogP contribution in [0.4, 0.5) is 0 Å². The zero-order valence-electron chi connectivity index (χ0n) is 6.88. The van der Waals surface area contributed by atoms with Gasteiger partial charge in [-0.2, -0.15) is 0 Å². The van der Waals surface area contributed by atoms with Gasteiger partial charge in [-0.05, 0) is 6.42 Å². The predicted molar refractivity (Wildman–Crippen MR) is 55.1 cm³/mol. The van der Waals surface area contributed by atoms with Gasteiger partial charge in [-0.1, -0.05) is 35.6 Å². The van der Waals surface area contributed by atoms with Crippen LogP contribution in [0.15, 0.2) is 12.7 Å². The van der Waals surface area contributed by atoms with Gasteiger partial charge in [-0.25, -0.2) is 0 Å². The largest absolute Gasteiger partial charge is 0.352 e. The molecule has 0 aromatic heterocycles. The molecule has 0 bridgehead atoms. The molecule has 0 spiro atoms. The first-order valence-corrected chi connectivity index (χ1v) is 5.27. The Hall–Kier alpha value is 0.390. The summed E-state index contributed by atoms with van der Waals surface area (Å²) in [6, 6.07) is 0. The highest BCUT2D eigenvalue weighted by Gasteiger charge is 2.04. The average Bonchev–Trinajstić information content (AvgIpc) is 2.05. The van der Waals surface area contributed by atoms with Gasteiger partial charge in [0.1, 0.15) is 0 Å². The van der Waals surface area contributed by atoms with Gasteiger partial charge in [-0.15, -0.1) is 6.58 Å². The summed E-state index contributed by atoms with van der Waals surface area (Å²) >= 11 is 2.24. The van der Waals surface area contributed by atoms with E-state index in [1.165, 1.54) is 0 Å². The molecular weight excluding hydrogens is 255 g/mol. The molecule has 0 saturated heterocycles. The third-order valence-corrected chi connectivity index (χ3v) is 1.75. The Morgan fingerprint density at radius 3 is 2.73 bits per heavy atom. The summed E-state index contributed by atoms with van der Waals surface area (Å²) in [5.74, 6) is 0. The van der Waals surface area contributed by atoms with E-state index in [2.05, 4.69) is 36.1 Å². The van der Waals surface area contributed by atoms with Crippen molar-refractivity contribution >= 4 is 22.6 Å². The Morgan fingerprint density at radius 1 is 1.55 bits per heavy atom. The lowest BCUT2D eigenvalue weighted by atomic mass is 10.5. The summed E-state index contributed by atoms with van der Waals surface area (Å²) in [4.78, 5) is 0. The fourth-order valence-corrected chi connectivity index (χ4v) is 1.07. The van der Waals surface area contributed by atoms with Crippen molar-refractivity contribution < 1.29 is 9.47 Å². The molecule has 0 rings (SSSR count). The number of hydrogen-bond donors (Lipinski definition) is 0. The van der Waals surface area contributed by atoms with Crippen LogP contribution in [0.5, 0.6) is 0 Å². The lowest BCUT2D eigenvalue weighted by Crippen LogP contribution is -2.19. The Bertz CT molecular complexity index is 96.1. The first-order chi connectivity index (χ1) is 5.35. The van der Waals surface area contributed by atoms with E-state index in [4.69, 9.17) is 9.47 Å². The van der Waals surface area contributed by atoms with E-state index < -0.39 is 0 Å². The molecule has 0 aliphatic carbocycles. The van der Waals surface area contributed by atoms with Crippen LogP contribution in [0.2, 0.25) is 0 Å². The van der Waals surface area contributed by atoms with E-state index in [0.29, 0.717) is 6.61 Å². The van der Waals surface area contributed by atoms with Crippen LogP contribution in [-0.4, -0.2) is 23.9 Å². The molecule has 0 amide bonds. The molecule has 0 aliphatic heterocycles. The highest BCUT2D eigenvalue weighted by Crippen LogP contribution is 2.00. The topological polar surface area (TPSA) is 18.5 Å². The van der Waals surface area contributed by atoms with Crippen molar-refractivity contribution in [2.24, 2.45) is 0 Å². The smallest absolute Gasteiger partial charge is 0.166 e. The summed E-state index contributed by atoms with van der Waals surface area (Å²) in [5, 5.41) is 0. The molecule has 0 heterocycles. The van der Waals surface area contributed by atoms with Crippen molar-refractivity contribution in [3.05, 3.63) is 12.7 Å². The summed E-state index contributed by atoms with van der Waals surface area (Å²) in [6.45, 7) is 6.98. The van der Waals surface area contributed by atoms with Crippen molar-refractivity contribution in [3.8, 4) is 0 Å². The molecule has 66 valence electrons. The molecule has 0 N–H and O–H groups in total. The zero-order valence-corrected chi connectivity index (χ0v) is 9.04. The number of hydrogen-bond acceptors (Lipinski definition) is 2. The third kappa shape index (κ3) is 6.77. The first-order valence-electron chi connectivity index (χ1n) is 3.75. The fourth-order valence-electron chi connectivity index (χ4n) is 0.562. The highest BCUT2D eigenvalue weighted by atomic mass is 127. The van der Waals surface area contributed by atoms with Crippen molar-refractivity contribution in [2.75, 3.05) is 17.6 Å². The molecule has 11 heavy (non-hydrogen) atoms. The Labute approximate surface area is 82.1 Å². The quantitative estimate of drug-likeness (QED) is 0.306. The van der Waals surface area contributed by atoms with Gasteiger partial charge in [0, 0.05) is 6.61 Å². The van der Waals surface area contributed by atoms with Crippen LogP contribution in [-0.2, 0) is 9.47 Å². The van der Waals surface area contributed by atoms with Crippen LogP contribution in [0.25, 0.3) is 0 Å². The van der Waals surface area contributed by atoms with Crippen molar-refractivity contribution in [3.63, 3.8) is 0 Å². The van der Waals surface area contributed by atoms with E-state index in [1.807, 2.05) is 0 Å². The number of alkyl halides is 1. The van der Waals surface area contributed by atoms with Gasteiger partial charge in [0.2, 0.25) is 0 Å². The van der Waals surface area contributed by atoms with Gasteiger partial charge in [0.15, 0.2) is 6.29 Å². The molecule has 0 aromatic rings. The molecule has 1 atom stereocenters. The monoisotopic (exact) mass is 270 g/mol. The number of halogens is 1. The van der Waals surface area contributed by atoms with Gasteiger partial charge >= 0.3 is 0 Å². The van der Waals surface area contributed by atoms with Crippen molar-refractivity contribution in [1.29, 1.82) is 0 Å². The van der Waals surface area contributed by atoms with Crippen LogP contribution >= 0.6 is 22.6 Å². The SMILES string of the molecule is C=CCOC(CI)OCCC. The Balaban J connectivity index is 3.32. The zero-order chi connectivity index (χ0) is 8.53. The fraction of sp³-hybridized carbons (Fsp3) is 0.750. The molecule has 1 unspecified atom stereocenters. The van der Waals surface area contributed by atoms with E-state index in [9.17, 15) is 0 Å². The maximum atomic E-state index is 5.36. The van der Waals surface area contributed by atoms with Crippen LogP contribution in [0.3, 0.4) is 0 Å². The minimum absolute atomic E-state index is 0.0615. The number of rotatable bonds is 7. The minimum Gasteiger partial charge on any atom is -0.352 e.